The van der Waals surface area contributed by atoms with E-state index < -0.39 is 0 Å². The third-order valence-corrected chi connectivity index (χ3v) is 3.09. The Morgan fingerprint density at radius 1 is 1.33 bits per heavy atom. The first kappa shape index (κ1) is 15.0. The van der Waals surface area contributed by atoms with Crippen molar-refractivity contribution in [1.82, 2.24) is 4.98 Å². The second-order valence-corrected chi connectivity index (χ2v) is 4.67. The molecule has 1 heterocycles. The summed E-state index contributed by atoms with van der Waals surface area (Å²) in [6.07, 6.45) is 0.728. The Morgan fingerprint density at radius 2 is 2.10 bits per heavy atom. The highest BCUT2D eigenvalue weighted by molar-refractivity contribution is 6.05. The predicted octanol–water partition coefficient (Wildman–Crippen LogP) is 2.62. The number of nitrogen functional groups attached to an aromatic ring is 1. The zero-order chi connectivity index (χ0) is 15.2. The highest BCUT2D eigenvalue weighted by Gasteiger charge is 2.11. The molecule has 0 fully saturated rings. The van der Waals surface area contributed by atoms with Crippen LogP contribution in [0.15, 0.2) is 36.4 Å². The number of para-hydroxylation sites is 1. The zero-order valence-electron chi connectivity index (χ0n) is 12.2. The summed E-state index contributed by atoms with van der Waals surface area (Å²) in [5.74, 6) is 0.145. The van der Waals surface area contributed by atoms with E-state index in [2.05, 4.69) is 10.3 Å². The van der Waals surface area contributed by atoms with E-state index in [1.807, 2.05) is 31.2 Å². The van der Waals surface area contributed by atoms with Gasteiger partial charge < -0.3 is 15.8 Å². The molecule has 0 atom stereocenters. The lowest BCUT2D eigenvalue weighted by Crippen LogP contribution is -2.14. The van der Waals surface area contributed by atoms with Crippen molar-refractivity contribution in [1.29, 1.82) is 0 Å². The Balaban J connectivity index is 2.24. The molecule has 0 saturated carbocycles. The Labute approximate surface area is 124 Å². The molecule has 0 aliphatic heterocycles. The average molecular weight is 285 g/mol. The number of methoxy groups -OCH3 is 1. The fourth-order valence-electron chi connectivity index (χ4n) is 2.04. The molecule has 2 aromatic rings. The maximum absolute atomic E-state index is 12.4. The first-order valence-electron chi connectivity index (χ1n) is 6.78. The Kier molecular flexibility index (Phi) is 4.90. The lowest BCUT2D eigenvalue weighted by atomic mass is 10.1. The molecule has 5 nitrogen and oxygen atoms in total. The molecule has 110 valence electrons. The third-order valence-electron chi connectivity index (χ3n) is 3.09. The Hall–Kier alpha value is -2.40. The van der Waals surface area contributed by atoms with Crippen LogP contribution >= 0.6 is 0 Å². The van der Waals surface area contributed by atoms with Gasteiger partial charge in [-0.25, -0.2) is 4.98 Å². The van der Waals surface area contributed by atoms with Crippen molar-refractivity contribution in [3.05, 3.63) is 53.2 Å². The van der Waals surface area contributed by atoms with Crippen molar-refractivity contribution >= 4 is 17.4 Å². The fourth-order valence-corrected chi connectivity index (χ4v) is 2.04. The summed E-state index contributed by atoms with van der Waals surface area (Å²) >= 11 is 0. The highest BCUT2D eigenvalue weighted by atomic mass is 16.5. The van der Waals surface area contributed by atoms with E-state index >= 15 is 0 Å². The fraction of sp³-hybridized carbons (Fsp3) is 0.250. The van der Waals surface area contributed by atoms with Gasteiger partial charge in [0, 0.05) is 29.6 Å². The monoisotopic (exact) mass is 285 g/mol. The van der Waals surface area contributed by atoms with Crippen molar-refractivity contribution < 1.29 is 9.53 Å². The lowest BCUT2D eigenvalue weighted by Gasteiger charge is -2.11. The highest BCUT2D eigenvalue weighted by Crippen LogP contribution is 2.18. The zero-order valence-corrected chi connectivity index (χ0v) is 12.2. The molecular weight excluding hydrogens is 266 g/mol. The topological polar surface area (TPSA) is 77.2 Å². The predicted molar refractivity (Wildman–Crippen MR) is 83.1 cm³/mol. The third kappa shape index (κ3) is 3.79. The Morgan fingerprint density at radius 3 is 2.81 bits per heavy atom. The van der Waals surface area contributed by atoms with Crippen molar-refractivity contribution in [2.75, 3.05) is 18.2 Å². The summed E-state index contributed by atoms with van der Waals surface area (Å²) in [5.41, 5.74) is 8.69. The molecule has 0 spiro atoms. The van der Waals surface area contributed by atoms with Crippen molar-refractivity contribution in [2.24, 2.45) is 0 Å². The molecule has 1 aromatic carbocycles. The molecule has 1 aromatic heterocycles. The van der Waals surface area contributed by atoms with E-state index in [1.54, 1.807) is 19.2 Å². The number of hydrogen-bond donors (Lipinski definition) is 2. The lowest BCUT2D eigenvalue weighted by molar-refractivity contribution is 0.102. The smallest absolute Gasteiger partial charge is 0.255 e. The summed E-state index contributed by atoms with van der Waals surface area (Å²) in [4.78, 5) is 16.5. The van der Waals surface area contributed by atoms with Crippen LogP contribution in [0.1, 0.15) is 28.5 Å². The second kappa shape index (κ2) is 6.85. The van der Waals surface area contributed by atoms with Crippen molar-refractivity contribution in [2.45, 2.75) is 20.0 Å². The number of nitrogens with zero attached hydrogens (tertiary/aromatic N) is 1. The van der Waals surface area contributed by atoms with Gasteiger partial charge in [-0.1, -0.05) is 25.1 Å². The van der Waals surface area contributed by atoms with Gasteiger partial charge in [-0.05, 0) is 24.6 Å². The minimum atomic E-state index is -0.206. The number of rotatable bonds is 5. The first-order chi connectivity index (χ1) is 10.1. The maximum atomic E-state index is 12.4. The number of hydrogen-bond acceptors (Lipinski definition) is 4. The summed E-state index contributed by atoms with van der Waals surface area (Å²) < 4.78 is 5.13. The van der Waals surface area contributed by atoms with E-state index in [9.17, 15) is 4.79 Å². The number of pyridine rings is 1. The molecule has 0 radical (unpaired) electrons. The number of nitrogens with two attached hydrogens (primary N) is 1. The van der Waals surface area contributed by atoms with Gasteiger partial charge in [0.25, 0.3) is 5.91 Å². The van der Waals surface area contributed by atoms with Crippen LogP contribution in [0, 0.1) is 0 Å². The molecular formula is C16H19N3O2. The van der Waals surface area contributed by atoms with Gasteiger partial charge in [0.05, 0.1) is 6.61 Å². The standard InChI is InChI=1S/C16H19N3O2/c1-3-13-8-12(9-15(17)18-13)16(20)19-14-7-5-4-6-11(14)10-21-2/h4-9H,3,10H2,1-2H3,(H2,17,18)(H,19,20). The maximum Gasteiger partial charge on any atom is 0.255 e. The van der Waals surface area contributed by atoms with E-state index in [0.29, 0.717) is 18.0 Å². The quantitative estimate of drug-likeness (QED) is 0.885. The van der Waals surface area contributed by atoms with Crippen molar-refractivity contribution in [3.8, 4) is 0 Å². The van der Waals surface area contributed by atoms with Crippen LogP contribution in [-0.4, -0.2) is 18.0 Å². The van der Waals surface area contributed by atoms with Gasteiger partial charge in [0.2, 0.25) is 0 Å². The molecule has 1 amide bonds. The number of carbonyl (C=O) groups is 1. The Bertz CT molecular complexity index is 641. The molecule has 2 rings (SSSR count). The van der Waals surface area contributed by atoms with Crippen LogP contribution < -0.4 is 11.1 Å². The number of benzene rings is 1. The van der Waals surface area contributed by atoms with Crippen molar-refractivity contribution in [3.63, 3.8) is 0 Å². The van der Waals surface area contributed by atoms with Crippen LogP contribution in [0.25, 0.3) is 0 Å². The first-order valence-corrected chi connectivity index (χ1v) is 6.78. The van der Waals surface area contributed by atoms with Gasteiger partial charge in [0.15, 0.2) is 0 Å². The van der Waals surface area contributed by atoms with Crippen LogP contribution in [0.5, 0.6) is 0 Å². The number of anilines is 2. The molecule has 0 bridgehead atoms. The summed E-state index contributed by atoms with van der Waals surface area (Å²) in [5, 5.41) is 2.89. The second-order valence-electron chi connectivity index (χ2n) is 4.67. The van der Waals surface area contributed by atoms with Gasteiger partial charge in [0.1, 0.15) is 5.82 Å². The van der Waals surface area contributed by atoms with E-state index in [-0.39, 0.29) is 5.91 Å². The largest absolute Gasteiger partial charge is 0.384 e. The molecule has 0 saturated heterocycles. The minimum Gasteiger partial charge on any atom is -0.384 e. The van der Waals surface area contributed by atoms with Crippen LogP contribution in [0.4, 0.5) is 11.5 Å². The minimum absolute atomic E-state index is 0.206. The van der Waals surface area contributed by atoms with E-state index in [1.165, 1.54) is 0 Å². The van der Waals surface area contributed by atoms with Gasteiger partial charge >= 0.3 is 0 Å². The van der Waals surface area contributed by atoms with Gasteiger partial charge in [-0.15, -0.1) is 0 Å². The summed E-state index contributed by atoms with van der Waals surface area (Å²) in [6.45, 7) is 2.41. The molecule has 0 unspecified atom stereocenters. The van der Waals surface area contributed by atoms with Crippen LogP contribution in [0.2, 0.25) is 0 Å². The molecule has 5 heteroatoms. The molecule has 3 N–H and O–H groups in total. The number of ether oxygens (including phenoxy) is 1. The number of aryl methyl sites for hydroxylation is 1. The molecule has 0 aliphatic carbocycles. The molecule has 0 aliphatic rings. The molecule has 21 heavy (non-hydrogen) atoms. The normalized spacial score (nSPS) is 10.4. The SMILES string of the molecule is CCc1cc(C(=O)Nc2ccccc2COC)cc(N)n1. The average Bonchev–Trinajstić information content (AvgIpc) is 2.48. The van der Waals surface area contributed by atoms with Gasteiger partial charge in [-0.2, -0.15) is 0 Å². The summed E-state index contributed by atoms with van der Waals surface area (Å²) in [6, 6.07) is 10.9. The summed E-state index contributed by atoms with van der Waals surface area (Å²) in [7, 11) is 1.62. The van der Waals surface area contributed by atoms with Crippen LogP contribution in [-0.2, 0) is 17.8 Å². The number of aromatic nitrogens is 1. The van der Waals surface area contributed by atoms with E-state index in [4.69, 9.17) is 10.5 Å². The number of nitrogens with one attached hydrogen (secondary N) is 1. The van der Waals surface area contributed by atoms with E-state index in [0.717, 1.165) is 23.4 Å². The van der Waals surface area contributed by atoms with Crippen LogP contribution in [0.3, 0.4) is 0 Å². The number of amides is 1. The number of carbonyl (C=O) groups excluding carboxylic acids is 1. The van der Waals surface area contributed by atoms with Gasteiger partial charge in [-0.3, -0.25) is 4.79 Å².